The van der Waals surface area contributed by atoms with Crippen LogP contribution < -0.4 is 5.32 Å². The van der Waals surface area contributed by atoms with Crippen LogP contribution in [0.3, 0.4) is 0 Å². The van der Waals surface area contributed by atoms with Gasteiger partial charge in [0, 0.05) is 45.1 Å². The molecular weight excluding hydrogens is 334 g/mol. The van der Waals surface area contributed by atoms with Crippen LogP contribution in [0.25, 0.3) is 0 Å². The van der Waals surface area contributed by atoms with Gasteiger partial charge in [0.1, 0.15) is 0 Å². The number of nitrogens with zero attached hydrogens (tertiary/aromatic N) is 2. The van der Waals surface area contributed by atoms with Crippen molar-refractivity contribution in [2.24, 2.45) is 11.8 Å². The van der Waals surface area contributed by atoms with Crippen molar-refractivity contribution in [2.45, 2.75) is 45.0 Å². The fourth-order valence-electron chi connectivity index (χ4n) is 4.49. The number of amides is 1. The van der Waals surface area contributed by atoms with Crippen molar-refractivity contribution < 1.29 is 9.53 Å². The molecule has 2 heterocycles. The molecule has 25 heavy (non-hydrogen) atoms. The van der Waals surface area contributed by atoms with Crippen molar-refractivity contribution in [3.05, 3.63) is 21.9 Å². The molecule has 1 aliphatic carbocycles. The lowest BCUT2D eigenvalue weighted by atomic mass is 9.77. The molecule has 140 valence electrons. The Morgan fingerprint density at radius 2 is 2.08 bits per heavy atom. The van der Waals surface area contributed by atoms with E-state index in [4.69, 9.17) is 4.74 Å². The zero-order valence-corrected chi connectivity index (χ0v) is 16.6. The smallest absolute Gasteiger partial charge is 0.217 e. The molecule has 5 nitrogen and oxygen atoms in total. The largest absolute Gasteiger partial charge is 0.379 e. The number of carbonyl (C=O) groups is 1. The average molecular weight is 366 g/mol. The number of nitrogens with one attached hydrogen (secondary N) is 1. The van der Waals surface area contributed by atoms with E-state index in [0.717, 1.165) is 39.0 Å². The van der Waals surface area contributed by atoms with Gasteiger partial charge in [0.15, 0.2) is 0 Å². The van der Waals surface area contributed by atoms with Crippen LogP contribution in [-0.2, 0) is 22.6 Å². The van der Waals surface area contributed by atoms with E-state index in [2.05, 4.69) is 40.7 Å². The fraction of sp³-hybridized carbons (Fsp3) is 0.737. The number of thiophene rings is 1. The summed E-state index contributed by atoms with van der Waals surface area (Å²) in [5.41, 5.74) is 1.41. The van der Waals surface area contributed by atoms with Gasteiger partial charge >= 0.3 is 0 Å². The molecule has 0 spiro atoms. The first-order valence-electron chi connectivity index (χ1n) is 9.18. The van der Waals surface area contributed by atoms with Crippen LogP contribution in [0.5, 0.6) is 0 Å². The van der Waals surface area contributed by atoms with Crippen LogP contribution in [0, 0.1) is 11.8 Å². The molecule has 4 atom stereocenters. The van der Waals surface area contributed by atoms with Crippen molar-refractivity contribution in [3.8, 4) is 0 Å². The van der Waals surface area contributed by atoms with Gasteiger partial charge in [-0.15, -0.1) is 11.3 Å². The minimum Gasteiger partial charge on any atom is -0.379 e. The number of hydrogen-bond donors (Lipinski definition) is 1. The third-order valence-electron chi connectivity index (χ3n) is 5.47. The first-order chi connectivity index (χ1) is 11.9. The van der Waals surface area contributed by atoms with Gasteiger partial charge in [-0.1, -0.05) is 0 Å². The van der Waals surface area contributed by atoms with E-state index in [1.54, 1.807) is 14.0 Å². The van der Waals surface area contributed by atoms with E-state index in [1.807, 2.05) is 11.3 Å². The maximum absolute atomic E-state index is 11.5. The van der Waals surface area contributed by atoms with E-state index >= 15 is 0 Å². The monoisotopic (exact) mass is 365 g/mol. The highest BCUT2D eigenvalue weighted by molar-refractivity contribution is 7.10. The second-order valence-corrected chi connectivity index (χ2v) is 8.92. The SMILES string of the molecule is CO[C@@H]1C[C@H]2CN(Cc3cc(CN(C)C)cs3)C[C@H]2C[C@H]1NC(C)=O. The number of hydrogen-bond acceptors (Lipinski definition) is 5. The average Bonchev–Trinajstić information content (AvgIpc) is 3.11. The second-order valence-electron chi connectivity index (χ2n) is 7.93. The molecule has 1 saturated carbocycles. The Labute approximate surface area is 155 Å². The van der Waals surface area contributed by atoms with E-state index in [0.29, 0.717) is 11.8 Å². The molecule has 1 aromatic rings. The van der Waals surface area contributed by atoms with Crippen molar-refractivity contribution in [1.82, 2.24) is 15.1 Å². The Morgan fingerprint density at radius 1 is 1.36 bits per heavy atom. The van der Waals surface area contributed by atoms with Crippen LogP contribution in [0.1, 0.15) is 30.2 Å². The molecule has 3 rings (SSSR count). The summed E-state index contributed by atoms with van der Waals surface area (Å²) in [5.74, 6) is 1.41. The molecule has 0 aromatic carbocycles. The Kier molecular flexibility index (Phi) is 6.15. The van der Waals surface area contributed by atoms with Crippen molar-refractivity contribution in [1.29, 1.82) is 0 Å². The minimum atomic E-state index is 0.0485. The van der Waals surface area contributed by atoms with Gasteiger partial charge in [0.05, 0.1) is 12.1 Å². The summed E-state index contributed by atoms with van der Waals surface area (Å²) in [6, 6.07) is 2.52. The Bertz CT molecular complexity index is 589. The highest BCUT2D eigenvalue weighted by Crippen LogP contribution is 2.38. The number of carbonyl (C=O) groups excluding carboxylic acids is 1. The quantitative estimate of drug-likeness (QED) is 0.839. The van der Waals surface area contributed by atoms with Gasteiger partial charge in [-0.2, -0.15) is 0 Å². The number of fused-ring (bicyclic) bond motifs is 1. The molecule has 0 bridgehead atoms. The number of ether oxygens (including phenoxy) is 1. The van der Waals surface area contributed by atoms with Crippen LogP contribution in [-0.4, -0.2) is 62.1 Å². The molecule has 1 aromatic heterocycles. The number of rotatable bonds is 6. The predicted octanol–water partition coefficient (Wildman–Crippen LogP) is 2.17. The second kappa shape index (κ2) is 8.16. The fourth-order valence-corrected chi connectivity index (χ4v) is 5.41. The lowest BCUT2D eigenvalue weighted by Crippen LogP contribution is -2.49. The zero-order valence-electron chi connectivity index (χ0n) is 15.8. The van der Waals surface area contributed by atoms with Crippen LogP contribution in [0.4, 0.5) is 0 Å². The van der Waals surface area contributed by atoms with E-state index in [9.17, 15) is 4.79 Å². The van der Waals surface area contributed by atoms with Crippen LogP contribution in [0.2, 0.25) is 0 Å². The van der Waals surface area contributed by atoms with Crippen molar-refractivity contribution >= 4 is 17.2 Å². The maximum Gasteiger partial charge on any atom is 0.217 e. The highest BCUT2D eigenvalue weighted by Gasteiger charge is 2.42. The molecule has 1 aliphatic heterocycles. The van der Waals surface area contributed by atoms with Crippen molar-refractivity contribution in [2.75, 3.05) is 34.3 Å². The standard InChI is InChI=1S/C19H31N3O2S/c1-13(23)20-18-6-15-9-22(10-16(15)7-19(18)24-4)11-17-5-14(12-25-17)8-21(2)3/h5,12,15-16,18-19H,6-11H2,1-4H3,(H,20,23)/t15-,16+,18-,19-/m1/s1. The maximum atomic E-state index is 11.5. The van der Waals surface area contributed by atoms with Gasteiger partial charge in [-0.05, 0) is 55.8 Å². The summed E-state index contributed by atoms with van der Waals surface area (Å²) in [5, 5.41) is 5.38. The van der Waals surface area contributed by atoms with Gasteiger partial charge < -0.3 is 15.0 Å². The Hall–Kier alpha value is -0.950. The topological polar surface area (TPSA) is 44.8 Å². The molecule has 1 amide bonds. The van der Waals surface area contributed by atoms with Gasteiger partial charge in [0.25, 0.3) is 0 Å². The lowest BCUT2D eigenvalue weighted by molar-refractivity contribution is -0.121. The van der Waals surface area contributed by atoms with Crippen LogP contribution in [0.15, 0.2) is 11.4 Å². The summed E-state index contributed by atoms with van der Waals surface area (Å²) in [4.78, 5) is 17.7. The molecule has 6 heteroatoms. The van der Waals surface area contributed by atoms with E-state index in [-0.39, 0.29) is 18.1 Å². The van der Waals surface area contributed by atoms with E-state index in [1.165, 1.54) is 10.4 Å². The van der Waals surface area contributed by atoms with Gasteiger partial charge in [-0.25, -0.2) is 0 Å². The summed E-state index contributed by atoms with van der Waals surface area (Å²) in [6.45, 7) is 5.95. The molecule has 0 radical (unpaired) electrons. The highest BCUT2D eigenvalue weighted by atomic mass is 32.1. The summed E-state index contributed by atoms with van der Waals surface area (Å²) in [7, 11) is 5.99. The van der Waals surface area contributed by atoms with Crippen molar-refractivity contribution in [3.63, 3.8) is 0 Å². The normalized spacial score (nSPS) is 29.8. The first kappa shape index (κ1) is 18.8. The third kappa shape index (κ3) is 4.82. The number of methoxy groups -OCH3 is 1. The Morgan fingerprint density at radius 3 is 2.72 bits per heavy atom. The lowest BCUT2D eigenvalue weighted by Gasteiger charge is -2.37. The van der Waals surface area contributed by atoms with E-state index < -0.39 is 0 Å². The predicted molar refractivity (Wildman–Crippen MR) is 102 cm³/mol. The molecule has 2 fully saturated rings. The zero-order chi connectivity index (χ0) is 18.0. The third-order valence-corrected chi connectivity index (χ3v) is 6.44. The Balaban J connectivity index is 1.57. The summed E-state index contributed by atoms with van der Waals surface area (Å²) < 4.78 is 5.67. The summed E-state index contributed by atoms with van der Waals surface area (Å²) >= 11 is 1.88. The minimum absolute atomic E-state index is 0.0485. The molecular formula is C19H31N3O2S. The van der Waals surface area contributed by atoms with Gasteiger partial charge in [-0.3, -0.25) is 9.69 Å². The van der Waals surface area contributed by atoms with Gasteiger partial charge in [0.2, 0.25) is 5.91 Å². The molecule has 2 aliphatic rings. The molecule has 0 unspecified atom stereocenters. The molecule has 1 saturated heterocycles. The molecule has 1 N–H and O–H groups in total. The summed E-state index contributed by atoms with van der Waals surface area (Å²) in [6.07, 6.45) is 2.24. The van der Waals surface area contributed by atoms with Crippen LogP contribution >= 0.6 is 11.3 Å². The first-order valence-corrected chi connectivity index (χ1v) is 10.1. The number of likely N-dealkylation sites (tertiary alicyclic amines) is 1.